The number of rotatable bonds is 4. The Balaban J connectivity index is 2.05. The topological polar surface area (TPSA) is 116 Å². The van der Waals surface area contributed by atoms with Gasteiger partial charge >= 0.3 is 5.97 Å². The molecule has 3 rings (SSSR count). The zero-order chi connectivity index (χ0) is 19.8. The van der Waals surface area contributed by atoms with Crippen LogP contribution in [-0.4, -0.2) is 57.9 Å². The first-order chi connectivity index (χ1) is 12.8. The molecule has 5 atom stereocenters. The Morgan fingerprint density at radius 1 is 1.11 bits per heavy atom. The molecule has 7 nitrogen and oxygen atoms in total. The van der Waals surface area contributed by atoms with Gasteiger partial charge < -0.3 is 29.9 Å². The molecule has 0 bridgehead atoms. The lowest BCUT2D eigenvalue weighted by atomic mass is 9.69. The number of aliphatic hydroxyl groups is 3. The van der Waals surface area contributed by atoms with E-state index in [2.05, 4.69) is 0 Å². The molecule has 0 aromatic heterocycles. The van der Waals surface area contributed by atoms with Crippen LogP contribution in [0.5, 0.6) is 5.75 Å². The van der Waals surface area contributed by atoms with Crippen LogP contribution < -0.4 is 4.74 Å². The van der Waals surface area contributed by atoms with E-state index in [1.165, 1.54) is 7.11 Å². The lowest BCUT2D eigenvalue weighted by Crippen LogP contribution is -2.53. The van der Waals surface area contributed by atoms with E-state index in [0.717, 1.165) is 19.3 Å². The molecule has 1 aliphatic heterocycles. The van der Waals surface area contributed by atoms with Gasteiger partial charge in [0, 0.05) is 5.56 Å². The maximum Gasteiger partial charge on any atom is 0.314 e. The van der Waals surface area contributed by atoms with Gasteiger partial charge in [0.25, 0.3) is 0 Å². The van der Waals surface area contributed by atoms with Crippen molar-refractivity contribution in [3.05, 3.63) is 29.3 Å². The van der Waals surface area contributed by atoms with Gasteiger partial charge in [-0.25, -0.2) is 0 Å². The second-order valence-electron chi connectivity index (χ2n) is 7.64. The Bertz CT molecular complexity index is 683. The smallest absolute Gasteiger partial charge is 0.314 e. The maximum atomic E-state index is 12.1. The average Bonchev–Trinajstić information content (AvgIpc) is 2.69. The van der Waals surface area contributed by atoms with Crippen molar-refractivity contribution in [1.29, 1.82) is 0 Å². The minimum atomic E-state index is -1.37. The van der Waals surface area contributed by atoms with E-state index in [0.29, 0.717) is 29.7 Å². The van der Waals surface area contributed by atoms with Crippen LogP contribution in [0.1, 0.15) is 56.3 Å². The highest BCUT2D eigenvalue weighted by molar-refractivity contribution is 5.81. The quantitative estimate of drug-likeness (QED) is 0.626. The number of hydrogen-bond acceptors (Lipinski definition) is 6. The monoisotopic (exact) mass is 380 g/mol. The Labute approximate surface area is 158 Å². The molecule has 0 unspecified atom stereocenters. The third kappa shape index (κ3) is 3.45. The van der Waals surface area contributed by atoms with E-state index >= 15 is 0 Å². The summed E-state index contributed by atoms with van der Waals surface area (Å²) in [6, 6.07) is 5.15. The molecule has 1 aromatic rings. The van der Waals surface area contributed by atoms with Gasteiger partial charge in [-0.15, -0.1) is 0 Å². The number of ether oxygens (including phenoxy) is 2. The summed E-state index contributed by atoms with van der Waals surface area (Å²) in [6.07, 6.45) is -1.72. The summed E-state index contributed by atoms with van der Waals surface area (Å²) in [4.78, 5) is 12.1. The van der Waals surface area contributed by atoms with Crippen LogP contribution >= 0.6 is 0 Å². The summed E-state index contributed by atoms with van der Waals surface area (Å²) < 4.78 is 11.2. The van der Waals surface area contributed by atoms with Crippen LogP contribution in [0, 0.1) is 0 Å². The van der Waals surface area contributed by atoms with Crippen molar-refractivity contribution in [3.63, 3.8) is 0 Å². The highest BCUT2D eigenvalue weighted by atomic mass is 16.5. The first kappa shape index (κ1) is 20.1. The lowest BCUT2D eigenvalue weighted by molar-refractivity contribution is -0.219. The van der Waals surface area contributed by atoms with Gasteiger partial charge in [0.15, 0.2) is 0 Å². The highest BCUT2D eigenvalue weighted by Crippen LogP contribution is 2.44. The predicted octanol–water partition coefficient (Wildman–Crippen LogP) is 1.52. The van der Waals surface area contributed by atoms with Gasteiger partial charge in [-0.2, -0.15) is 0 Å². The van der Waals surface area contributed by atoms with Crippen LogP contribution in [-0.2, 0) is 14.9 Å². The minimum absolute atomic E-state index is 0.440. The third-order valence-corrected chi connectivity index (χ3v) is 6.06. The Morgan fingerprint density at radius 2 is 1.78 bits per heavy atom. The summed E-state index contributed by atoms with van der Waals surface area (Å²) in [5, 5.41) is 40.5. The molecule has 1 aromatic carbocycles. The molecule has 2 aliphatic rings. The van der Waals surface area contributed by atoms with E-state index in [9.17, 15) is 25.2 Å². The number of benzene rings is 1. The lowest BCUT2D eigenvalue weighted by Gasteiger charge is -2.40. The number of aliphatic carboxylic acids is 1. The normalized spacial score (nSPS) is 33.4. The van der Waals surface area contributed by atoms with E-state index in [1.54, 1.807) is 25.1 Å². The van der Waals surface area contributed by atoms with Gasteiger partial charge in [-0.1, -0.05) is 25.3 Å². The van der Waals surface area contributed by atoms with Gasteiger partial charge in [0.05, 0.1) is 18.6 Å². The second-order valence-corrected chi connectivity index (χ2v) is 7.64. The van der Waals surface area contributed by atoms with Gasteiger partial charge in [0.2, 0.25) is 0 Å². The van der Waals surface area contributed by atoms with Crippen molar-refractivity contribution in [3.8, 4) is 5.75 Å². The summed E-state index contributed by atoms with van der Waals surface area (Å²) in [7, 11) is 1.48. The van der Waals surface area contributed by atoms with Crippen molar-refractivity contribution in [2.24, 2.45) is 0 Å². The predicted molar refractivity (Wildman–Crippen MR) is 96.7 cm³/mol. The first-order valence-electron chi connectivity index (χ1n) is 9.43. The van der Waals surface area contributed by atoms with Gasteiger partial charge in [-0.05, 0) is 37.5 Å². The standard InChI is InChI=1S/C20H28O7/c1-11-15(21)16(22)17(23)18(27-11)13-10-12(6-7-14(13)26-2)20(19(24)25)8-4-3-5-9-20/h6-7,10-11,15-18,21-23H,3-5,8-9H2,1-2H3,(H,24,25)/t11-,15-,16+,17+,18+/m0/s1. The van der Waals surface area contributed by atoms with E-state index < -0.39 is 41.9 Å². The molecule has 1 saturated carbocycles. The van der Waals surface area contributed by atoms with Gasteiger partial charge in [0.1, 0.15) is 30.2 Å². The molecule has 27 heavy (non-hydrogen) atoms. The van der Waals surface area contributed by atoms with E-state index in [4.69, 9.17) is 9.47 Å². The van der Waals surface area contributed by atoms with Crippen molar-refractivity contribution in [2.45, 2.75) is 75.0 Å². The Kier molecular flexibility index (Phi) is 5.76. The van der Waals surface area contributed by atoms with Crippen LogP contribution in [0.4, 0.5) is 0 Å². The van der Waals surface area contributed by atoms with Crippen molar-refractivity contribution in [1.82, 2.24) is 0 Å². The van der Waals surface area contributed by atoms with Gasteiger partial charge in [-0.3, -0.25) is 4.79 Å². The average molecular weight is 380 g/mol. The summed E-state index contributed by atoms with van der Waals surface area (Å²) in [5.74, 6) is -0.415. The number of methoxy groups -OCH3 is 1. The van der Waals surface area contributed by atoms with Crippen molar-refractivity contribution in [2.75, 3.05) is 7.11 Å². The summed E-state index contributed by atoms with van der Waals surface area (Å²) in [6.45, 7) is 1.61. The first-order valence-corrected chi connectivity index (χ1v) is 9.43. The largest absolute Gasteiger partial charge is 0.496 e. The summed E-state index contributed by atoms with van der Waals surface area (Å²) >= 11 is 0. The molecule has 0 amide bonds. The number of hydrogen-bond donors (Lipinski definition) is 4. The minimum Gasteiger partial charge on any atom is -0.496 e. The van der Waals surface area contributed by atoms with Crippen molar-refractivity contribution < 1.29 is 34.7 Å². The second kappa shape index (κ2) is 7.75. The molecule has 7 heteroatoms. The molecular formula is C20H28O7. The van der Waals surface area contributed by atoms with Crippen LogP contribution in [0.15, 0.2) is 18.2 Å². The Morgan fingerprint density at radius 3 is 2.37 bits per heavy atom. The van der Waals surface area contributed by atoms with Crippen LogP contribution in [0.3, 0.4) is 0 Å². The molecule has 150 valence electrons. The molecule has 1 heterocycles. The zero-order valence-electron chi connectivity index (χ0n) is 15.7. The molecule has 1 saturated heterocycles. The maximum absolute atomic E-state index is 12.1. The number of carboxylic acid groups (broad SMARTS) is 1. The highest BCUT2D eigenvalue weighted by Gasteiger charge is 2.45. The summed E-state index contributed by atoms with van der Waals surface area (Å²) in [5.41, 5.74) is 0.156. The molecule has 4 N–H and O–H groups in total. The van der Waals surface area contributed by atoms with E-state index in [-0.39, 0.29) is 0 Å². The number of aliphatic hydroxyl groups excluding tert-OH is 3. The molecular weight excluding hydrogens is 352 g/mol. The number of carbonyl (C=O) groups is 1. The number of carboxylic acids is 1. The SMILES string of the molecule is COc1ccc(C2(C(=O)O)CCCCC2)cc1[C@H]1O[C@@H](C)[C@H](O)[C@@H](O)[C@H]1O. The van der Waals surface area contributed by atoms with Crippen LogP contribution in [0.25, 0.3) is 0 Å². The van der Waals surface area contributed by atoms with Crippen molar-refractivity contribution >= 4 is 5.97 Å². The zero-order valence-corrected chi connectivity index (χ0v) is 15.7. The fourth-order valence-electron chi connectivity index (χ4n) is 4.34. The third-order valence-electron chi connectivity index (χ3n) is 6.06. The molecule has 2 fully saturated rings. The molecule has 1 aliphatic carbocycles. The van der Waals surface area contributed by atoms with E-state index in [1.807, 2.05) is 0 Å². The fraction of sp³-hybridized carbons (Fsp3) is 0.650. The molecule has 0 spiro atoms. The fourth-order valence-corrected chi connectivity index (χ4v) is 4.34. The molecule has 0 radical (unpaired) electrons. The Hall–Kier alpha value is -1.67. The van der Waals surface area contributed by atoms with Crippen LogP contribution in [0.2, 0.25) is 0 Å².